The molecular formula is C17H23F2N3O3. The normalized spacial score (nSPS) is 15.4. The van der Waals surface area contributed by atoms with Crippen LogP contribution in [0.2, 0.25) is 0 Å². The third-order valence-corrected chi connectivity index (χ3v) is 3.89. The van der Waals surface area contributed by atoms with Crippen LogP contribution in [0.15, 0.2) is 24.3 Å². The molecule has 0 saturated carbocycles. The van der Waals surface area contributed by atoms with Gasteiger partial charge in [-0.15, -0.1) is 0 Å². The Morgan fingerprint density at radius 1 is 1.32 bits per heavy atom. The number of hydrogen-bond acceptors (Lipinski definition) is 3. The van der Waals surface area contributed by atoms with Gasteiger partial charge >= 0.3 is 12.6 Å². The zero-order chi connectivity index (χ0) is 18.2. The number of carbonyl (C=O) groups is 2. The Morgan fingerprint density at radius 3 is 2.64 bits per heavy atom. The monoisotopic (exact) mass is 355 g/mol. The van der Waals surface area contributed by atoms with Gasteiger partial charge in [0.2, 0.25) is 5.91 Å². The fraction of sp³-hybridized carbons (Fsp3) is 0.529. The fourth-order valence-electron chi connectivity index (χ4n) is 2.71. The lowest BCUT2D eigenvalue weighted by Crippen LogP contribution is -2.46. The molecule has 1 unspecified atom stereocenters. The van der Waals surface area contributed by atoms with Gasteiger partial charge in [0, 0.05) is 32.1 Å². The molecule has 1 aliphatic rings. The maximum Gasteiger partial charge on any atom is 0.387 e. The van der Waals surface area contributed by atoms with Gasteiger partial charge in [0.15, 0.2) is 0 Å². The second-order valence-electron chi connectivity index (χ2n) is 6.02. The van der Waals surface area contributed by atoms with Crippen molar-refractivity contribution in [2.45, 2.75) is 38.8 Å². The summed E-state index contributed by atoms with van der Waals surface area (Å²) in [6, 6.07) is 5.87. The minimum absolute atomic E-state index is 0.106. The van der Waals surface area contributed by atoms with Gasteiger partial charge in [0.05, 0.1) is 0 Å². The number of carbonyl (C=O) groups excluding carboxylic acids is 2. The smallest absolute Gasteiger partial charge is 0.387 e. The van der Waals surface area contributed by atoms with Crippen molar-refractivity contribution in [2.24, 2.45) is 0 Å². The van der Waals surface area contributed by atoms with Gasteiger partial charge in [0.1, 0.15) is 5.75 Å². The molecule has 3 amide bonds. The van der Waals surface area contributed by atoms with Crippen molar-refractivity contribution >= 4 is 11.9 Å². The summed E-state index contributed by atoms with van der Waals surface area (Å²) < 4.78 is 28.4. The van der Waals surface area contributed by atoms with Crippen LogP contribution in [-0.2, 0) is 11.2 Å². The van der Waals surface area contributed by atoms with Crippen molar-refractivity contribution in [1.82, 2.24) is 15.5 Å². The molecule has 0 aromatic heterocycles. The third kappa shape index (κ3) is 6.56. The summed E-state index contributed by atoms with van der Waals surface area (Å²) in [5.74, 6) is 0.239. The highest BCUT2D eigenvalue weighted by molar-refractivity contribution is 5.78. The number of hydrogen-bond donors (Lipinski definition) is 2. The molecular weight excluding hydrogens is 332 g/mol. The lowest BCUT2D eigenvalue weighted by atomic mass is 10.1. The van der Waals surface area contributed by atoms with Gasteiger partial charge in [-0.1, -0.05) is 12.1 Å². The van der Waals surface area contributed by atoms with Crippen molar-refractivity contribution in [3.63, 3.8) is 0 Å². The molecule has 0 spiro atoms. The number of urea groups is 1. The number of halogens is 2. The summed E-state index contributed by atoms with van der Waals surface area (Å²) in [7, 11) is 0. The minimum atomic E-state index is -2.84. The van der Waals surface area contributed by atoms with Gasteiger partial charge in [-0.2, -0.15) is 8.78 Å². The molecule has 1 heterocycles. The quantitative estimate of drug-likeness (QED) is 0.751. The second kappa shape index (κ2) is 9.19. The van der Waals surface area contributed by atoms with E-state index >= 15 is 0 Å². The SMILES string of the molecule is CC(CN1CCCC1=O)NC(=O)NCCc1ccc(OC(F)F)cc1. The average Bonchev–Trinajstić information content (AvgIpc) is 2.93. The van der Waals surface area contributed by atoms with Crippen LogP contribution in [0.4, 0.5) is 13.6 Å². The number of nitrogens with one attached hydrogen (secondary N) is 2. The molecule has 0 aliphatic carbocycles. The molecule has 1 fully saturated rings. The summed E-state index contributed by atoms with van der Waals surface area (Å²) in [6.45, 7) is 0.688. The van der Waals surface area contributed by atoms with Crippen LogP contribution in [0, 0.1) is 0 Å². The first kappa shape index (κ1) is 19.0. The zero-order valence-corrected chi connectivity index (χ0v) is 14.1. The Kier molecular flexibility index (Phi) is 6.97. The van der Waals surface area contributed by atoms with E-state index in [9.17, 15) is 18.4 Å². The molecule has 0 radical (unpaired) electrons. The molecule has 1 aromatic rings. The van der Waals surface area contributed by atoms with Crippen LogP contribution >= 0.6 is 0 Å². The first-order chi connectivity index (χ1) is 11.9. The molecule has 138 valence electrons. The van der Waals surface area contributed by atoms with Crippen LogP contribution in [0.1, 0.15) is 25.3 Å². The first-order valence-electron chi connectivity index (χ1n) is 8.30. The van der Waals surface area contributed by atoms with E-state index in [4.69, 9.17) is 0 Å². The molecule has 1 aromatic carbocycles. The standard InChI is InChI=1S/C17H23F2N3O3/c1-12(11-22-10-2-3-15(22)23)21-17(24)20-9-8-13-4-6-14(7-5-13)25-16(18)19/h4-7,12,16H,2-3,8-11H2,1H3,(H2,20,21,24). The lowest BCUT2D eigenvalue weighted by molar-refractivity contribution is -0.127. The molecule has 2 rings (SSSR count). The van der Waals surface area contributed by atoms with Crippen molar-refractivity contribution < 1.29 is 23.1 Å². The molecule has 1 saturated heterocycles. The van der Waals surface area contributed by atoms with Crippen molar-refractivity contribution in [2.75, 3.05) is 19.6 Å². The number of nitrogens with zero attached hydrogens (tertiary/aromatic N) is 1. The third-order valence-electron chi connectivity index (χ3n) is 3.89. The van der Waals surface area contributed by atoms with Crippen molar-refractivity contribution in [1.29, 1.82) is 0 Å². The van der Waals surface area contributed by atoms with E-state index in [1.54, 1.807) is 17.0 Å². The molecule has 6 nitrogen and oxygen atoms in total. The van der Waals surface area contributed by atoms with Crippen LogP contribution in [0.25, 0.3) is 0 Å². The van der Waals surface area contributed by atoms with E-state index in [1.165, 1.54) is 12.1 Å². The second-order valence-corrected chi connectivity index (χ2v) is 6.02. The minimum Gasteiger partial charge on any atom is -0.435 e. The Bertz CT molecular complexity index is 581. The van der Waals surface area contributed by atoms with Crippen molar-refractivity contribution in [3.05, 3.63) is 29.8 Å². The Labute approximate surface area is 145 Å². The summed E-state index contributed by atoms with van der Waals surface area (Å²) in [4.78, 5) is 25.2. The number of amides is 3. The summed E-state index contributed by atoms with van der Waals surface area (Å²) in [6.07, 6.45) is 2.03. The lowest BCUT2D eigenvalue weighted by Gasteiger charge is -2.21. The fourth-order valence-corrected chi connectivity index (χ4v) is 2.71. The topological polar surface area (TPSA) is 70.7 Å². The highest BCUT2D eigenvalue weighted by atomic mass is 19.3. The van der Waals surface area contributed by atoms with Gasteiger partial charge in [-0.25, -0.2) is 4.79 Å². The van der Waals surface area contributed by atoms with Crippen LogP contribution in [0.3, 0.4) is 0 Å². The maximum atomic E-state index is 12.1. The molecule has 1 aliphatic heterocycles. The van der Waals surface area contributed by atoms with E-state index in [0.29, 0.717) is 25.9 Å². The van der Waals surface area contributed by atoms with Gasteiger partial charge in [0.25, 0.3) is 0 Å². The largest absolute Gasteiger partial charge is 0.435 e. The highest BCUT2D eigenvalue weighted by Crippen LogP contribution is 2.15. The van der Waals surface area contributed by atoms with Crippen LogP contribution < -0.4 is 15.4 Å². The zero-order valence-electron chi connectivity index (χ0n) is 14.1. The molecule has 8 heteroatoms. The van der Waals surface area contributed by atoms with E-state index < -0.39 is 6.61 Å². The first-order valence-corrected chi connectivity index (χ1v) is 8.30. The van der Waals surface area contributed by atoms with Crippen molar-refractivity contribution in [3.8, 4) is 5.75 Å². The Balaban J connectivity index is 1.65. The average molecular weight is 355 g/mol. The van der Waals surface area contributed by atoms with Crippen LogP contribution in [0.5, 0.6) is 5.75 Å². The predicted molar refractivity (Wildman–Crippen MR) is 88.6 cm³/mol. The van der Waals surface area contributed by atoms with E-state index in [2.05, 4.69) is 15.4 Å². The Hall–Kier alpha value is -2.38. The summed E-state index contributed by atoms with van der Waals surface area (Å²) >= 11 is 0. The van der Waals surface area contributed by atoms with Gasteiger partial charge in [-0.05, 0) is 37.5 Å². The van der Waals surface area contributed by atoms with E-state index in [0.717, 1.165) is 18.5 Å². The predicted octanol–water partition coefficient (Wildman–Crippen LogP) is 2.14. The molecule has 1 atom stereocenters. The van der Waals surface area contributed by atoms with Gasteiger partial charge < -0.3 is 20.3 Å². The number of alkyl halides is 2. The van der Waals surface area contributed by atoms with Gasteiger partial charge in [-0.3, -0.25) is 4.79 Å². The molecule has 25 heavy (non-hydrogen) atoms. The van der Waals surface area contributed by atoms with E-state index in [-0.39, 0.29) is 23.7 Å². The van der Waals surface area contributed by atoms with E-state index in [1.807, 2.05) is 6.92 Å². The number of benzene rings is 1. The summed E-state index contributed by atoms with van der Waals surface area (Å²) in [5, 5.41) is 5.54. The maximum absolute atomic E-state index is 12.1. The molecule has 2 N–H and O–H groups in total. The number of likely N-dealkylation sites (tertiary alicyclic amines) is 1. The molecule has 0 bridgehead atoms. The number of rotatable bonds is 8. The number of ether oxygens (including phenoxy) is 1. The highest BCUT2D eigenvalue weighted by Gasteiger charge is 2.22. The van der Waals surface area contributed by atoms with Crippen LogP contribution in [-0.4, -0.2) is 49.1 Å². The summed E-state index contributed by atoms with van der Waals surface area (Å²) in [5.41, 5.74) is 0.901. The Morgan fingerprint density at radius 2 is 2.04 bits per heavy atom.